The Hall–Kier alpha value is -1.84. The van der Waals surface area contributed by atoms with Crippen molar-refractivity contribution in [2.24, 2.45) is 10.7 Å². The summed E-state index contributed by atoms with van der Waals surface area (Å²) in [7, 11) is 1.64. The molecule has 1 fully saturated rings. The Morgan fingerprint density at radius 3 is 2.71 bits per heavy atom. The minimum atomic E-state index is 0. The highest BCUT2D eigenvalue weighted by molar-refractivity contribution is 14.0. The first-order chi connectivity index (χ1) is 11.2. The van der Waals surface area contributed by atoms with Crippen LogP contribution in [0.25, 0.3) is 5.69 Å². The van der Waals surface area contributed by atoms with Gasteiger partial charge in [0.1, 0.15) is 11.4 Å². The third kappa shape index (κ3) is 4.83. The molecule has 7 nitrogen and oxygen atoms in total. The number of nitrogens with one attached hydrogen (secondary N) is 1. The first-order valence-electron chi connectivity index (χ1n) is 7.87. The Bertz CT molecular complexity index is 663. The molecule has 0 atom stereocenters. The predicted octanol–water partition coefficient (Wildman–Crippen LogP) is 2.24. The average molecular weight is 442 g/mol. The number of hydrogen-bond donors (Lipinski definition) is 2. The van der Waals surface area contributed by atoms with Crippen LogP contribution in [-0.4, -0.2) is 34.1 Å². The normalized spacial score (nSPS) is 15.1. The second-order valence-electron chi connectivity index (χ2n) is 5.68. The molecule has 1 aromatic carbocycles. The standard InChI is InChI=1S/C16H22N6O.HI/c1-23-15-8-6-14(7-9-15)22-11-13(20-21-22)10-18-16(17)19-12-4-2-3-5-12;/h6-9,11-12H,2-5,10H2,1H3,(H3,17,18,19);1H. The molecule has 1 aliphatic rings. The van der Waals surface area contributed by atoms with Crippen LogP contribution in [0.15, 0.2) is 35.5 Å². The summed E-state index contributed by atoms with van der Waals surface area (Å²) in [5.41, 5.74) is 7.62. The van der Waals surface area contributed by atoms with Crippen LogP contribution < -0.4 is 15.8 Å². The zero-order valence-corrected chi connectivity index (χ0v) is 16.0. The number of aliphatic imine (C=N–C) groups is 1. The third-order valence-corrected chi connectivity index (χ3v) is 4.00. The third-order valence-electron chi connectivity index (χ3n) is 4.00. The Balaban J connectivity index is 0.00000208. The van der Waals surface area contributed by atoms with E-state index in [2.05, 4.69) is 20.6 Å². The van der Waals surface area contributed by atoms with Gasteiger partial charge in [-0.1, -0.05) is 18.1 Å². The average Bonchev–Trinajstić information content (AvgIpc) is 3.25. The van der Waals surface area contributed by atoms with Crippen molar-refractivity contribution in [3.8, 4) is 11.4 Å². The fraction of sp³-hybridized carbons (Fsp3) is 0.438. The second-order valence-corrected chi connectivity index (χ2v) is 5.68. The van der Waals surface area contributed by atoms with Crippen LogP contribution in [0, 0.1) is 0 Å². The maximum absolute atomic E-state index is 5.92. The fourth-order valence-electron chi connectivity index (χ4n) is 2.72. The molecule has 0 amide bonds. The number of aromatic nitrogens is 3. The number of ether oxygens (including phenoxy) is 1. The maximum atomic E-state index is 5.92. The number of rotatable bonds is 5. The smallest absolute Gasteiger partial charge is 0.189 e. The van der Waals surface area contributed by atoms with Crippen molar-refractivity contribution in [2.75, 3.05) is 7.11 Å². The lowest BCUT2D eigenvalue weighted by Crippen LogP contribution is -2.38. The zero-order chi connectivity index (χ0) is 16.1. The van der Waals surface area contributed by atoms with E-state index in [9.17, 15) is 0 Å². The topological polar surface area (TPSA) is 90.3 Å². The van der Waals surface area contributed by atoms with Gasteiger partial charge in [0.25, 0.3) is 0 Å². The van der Waals surface area contributed by atoms with Gasteiger partial charge in [-0.3, -0.25) is 0 Å². The van der Waals surface area contributed by atoms with Crippen molar-refractivity contribution in [3.63, 3.8) is 0 Å². The second kappa shape index (κ2) is 8.86. The number of benzene rings is 1. The van der Waals surface area contributed by atoms with Crippen molar-refractivity contribution in [1.82, 2.24) is 20.3 Å². The van der Waals surface area contributed by atoms with E-state index in [1.807, 2.05) is 30.5 Å². The van der Waals surface area contributed by atoms with Gasteiger partial charge in [0.15, 0.2) is 5.96 Å². The van der Waals surface area contributed by atoms with Crippen LogP contribution in [0.2, 0.25) is 0 Å². The van der Waals surface area contributed by atoms with E-state index in [-0.39, 0.29) is 24.0 Å². The lowest BCUT2D eigenvalue weighted by atomic mass is 10.2. The lowest BCUT2D eigenvalue weighted by molar-refractivity contribution is 0.414. The molecule has 3 rings (SSSR count). The molecule has 0 spiro atoms. The molecule has 24 heavy (non-hydrogen) atoms. The highest BCUT2D eigenvalue weighted by atomic mass is 127. The van der Waals surface area contributed by atoms with Crippen LogP contribution in [0.1, 0.15) is 31.4 Å². The minimum Gasteiger partial charge on any atom is -0.497 e. The molecule has 2 aromatic rings. The maximum Gasteiger partial charge on any atom is 0.189 e. The lowest BCUT2D eigenvalue weighted by Gasteiger charge is -2.11. The summed E-state index contributed by atoms with van der Waals surface area (Å²) in [5.74, 6) is 1.29. The molecule has 1 aliphatic carbocycles. The minimum absolute atomic E-state index is 0. The molecule has 0 bridgehead atoms. The van der Waals surface area contributed by atoms with Gasteiger partial charge in [-0.15, -0.1) is 29.1 Å². The molecule has 3 N–H and O–H groups in total. The summed E-state index contributed by atoms with van der Waals surface area (Å²) < 4.78 is 6.86. The number of methoxy groups -OCH3 is 1. The van der Waals surface area contributed by atoms with Crippen LogP contribution in [0.5, 0.6) is 5.75 Å². The van der Waals surface area contributed by atoms with Crippen LogP contribution >= 0.6 is 24.0 Å². The van der Waals surface area contributed by atoms with E-state index in [1.54, 1.807) is 11.8 Å². The van der Waals surface area contributed by atoms with Crippen molar-refractivity contribution < 1.29 is 4.74 Å². The van der Waals surface area contributed by atoms with Crippen molar-refractivity contribution in [2.45, 2.75) is 38.3 Å². The molecule has 0 unspecified atom stereocenters. The number of guanidine groups is 1. The monoisotopic (exact) mass is 442 g/mol. The van der Waals surface area contributed by atoms with Gasteiger partial charge in [-0.25, -0.2) is 9.67 Å². The summed E-state index contributed by atoms with van der Waals surface area (Å²) in [6.07, 6.45) is 6.73. The number of halogens is 1. The molecule has 0 saturated heterocycles. The molecule has 1 aromatic heterocycles. The van der Waals surface area contributed by atoms with Crippen molar-refractivity contribution in [1.29, 1.82) is 0 Å². The number of hydrogen-bond acceptors (Lipinski definition) is 4. The Morgan fingerprint density at radius 1 is 1.33 bits per heavy atom. The zero-order valence-electron chi connectivity index (χ0n) is 13.7. The molecule has 130 valence electrons. The summed E-state index contributed by atoms with van der Waals surface area (Å²) >= 11 is 0. The Labute approximate surface area is 158 Å². The van der Waals surface area contributed by atoms with Crippen molar-refractivity contribution in [3.05, 3.63) is 36.2 Å². The molecule has 1 saturated carbocycles. The summed E-state index contributed by atoms with van der Waals surface area (Å²) in [6.45, 7) is 0.418. The van der Waals surface area contributed by atoms with Gasteiger partial charge in [0.2, 0.25) is 0 Å². The van der Waals surface area contributed by atoms with Gasteiger partial charge in [0.05, 0.1) is 25.5 Å². The highest BCUT2D eigenvalue weighted by Gasteiger charge is 2.14. The van der Waals surface area contributed by atoms with Gasteiger partial charge >= 0.3 is 0 Å². The van der Waals surface area contributed by atoms with Gasteiger partial charge in [-0.2, -0.15) is 0 Å². The van der Waals surface area contributed by atoms with Crippen molar-refractivity contribution >= 4 is 29.9 Å². The number of nitrogens with zero attached hydrogens (tertiary/aromatic N) is 4. The van der Waals surface area contributed by atoms with E-state index in [0.717, 1.165) is 17.1 Å². The van der Waals surface area contributed by atoms with Crippen LogP contribution in [-0.2, 0) is 6.54 Å². The van der Waals surface area contributed by atoms with E-state index < -0.39 is 0 Å². The number of nitrogens with two attached hydrogens (primary N) is 1. The summed E-state index contributed by atoms with van der Waals surface area (Å²) in [6, 6.07) is 8.10. The first kappa shape index (κ1) is 18.5. The van der Waals surface area contributed by atoms with Gasteiger partial charge in [0, 0.05) is 6.04 Å². The molecule has 0 aliphatic heterocycles. The summed E-state index contributed by atoms with van der Waals surface area (Å²) in [5, 5.41) is 11.5. The molecular formula is C16H23IN6O. The molecule has 1 heterocycles. The molecule has 8 heteroatoms. The molecular weight excluding hydrogens is 419 g/mol. The van der Waals surface area contributed by atoms with E-state index in [0.29, 0.717) is 18.5 Å². The van der Waals surface area contributed by atoms with Crippen LogP contribution in [0.4, 0.5) is 0 Å². The molecule has 0 radical (unpaired) electrons. The fourth-order valence-corrected chi connectivity index (χ4v) is 2.72. The van der Waals surface area contributed by atoms with E-state index >= 15 is 0 Å². The Morgan fingerprint density at radius 2 is 2.04 bits per heavy atom. The van der Waals surface area contributed by atoms with E-state index in [4.69, 9.17) is 10.5 Å². The highest BCUT2D eigenvalue weighted by Crippen LogP contribution is 2.17. The largest absolute Gasteiger partial charge is 0.497 e. The SMILES string of the molecule is COc1ccc(-n2cc(CN=C(N)NC3CCCC3)nn2)cc1.I. The predicted molar refractivity (Wildman–Crippen MR) is 104 cm³/mol. The quantitative estimate of drug-likeness (QED) is 0.421. The first-order valence-corrected chi connectivity index (χ1v) is 7.87. The van der Waals surface area contributed by atoms with E-state index in [1.165, 1.54) is 25.7 Å². The van der Waals surface area contributed by atoms with Crippen LogP contribution in [0.3, 0.4) is 0 Å². The Kier molecular flexibility index (Phi) is 6.83. The van der Waals surface area contributed by atoms with Gasteiger partial charge in [-0.05, 0) is 37.1 Å². The van der Waals surface area contributed by atoms with Gasteiger partial charge < -0.3 is 15.8 Å². The summed E-state index contributed by atoms with van der Waals surface area (Å²) in [4.78, 5) is 4.34.